The average molecular weight is 281 g/mol. The number of carbonyl (C=O) groups excluding carboxylic acids is 1. The van der Waals surface area contributed by atoms with Crippen molar-refractivity contribution in [3.05, 3.63) is 24.0 Å². The normalized spacial score (nSPS) is 13.1. The third kappa shape index (κ3) is 7.19. The largest absolute Gasteiger partial charge is 0.444 e. The van der Waals surface area contributed by atoms with Crippen molar-refractivity contribution < 1.29 is 9.53 Å². The predicted octanol–water partition coefficient (Wildman–Crippen LogP) is 2.42. The molecule has 0 spiro atoms. The van der Waals surface area contributed by atoms with E-state index in [1.807, 2.05) is 45.5 Å². The summed E-state index contributed by atoms with van der Waals surface area (Å²) in [5.41, 5.74) is 0.815. The Morgan fingerprint density at radius 3 is 2.70 bits per heavy atom. The van der Waals surface area contributed by atoms with Crippen LogP contribution in [0.1, 0.15) is 39.7 Å². The van der Waals surface area contributed by atoms with Crippen LogP contribution in [0.5, 0.6) is 0 Å². The van der Waals surface area contributed by atoms with Crippen LogP contribution in [0.4, 0.5) is 4.79 Å². The maximum absolute atomic E-state index is 11.6. The number of nitrogens with one attached hydrogen (secondary N) is 2. The molecule has 1 heterocycles. The zero-order valence-corrected chi connectivity index (χ0v) is 13.2. The Hall–Kier alpha value is -1.49. The third-order valence-electron chi connectivity index (χ3n) is 2.74. The minimum atomic E-state index is -0.449. The van der Waals surface area contributed by atoms with Gasteiger partial charge < -0.3 is 19.9 Å². The van der Waals surface area contributed by atoms with Gasteiger partial charge in [0, 0.05) is 32.0 Å². The van der Waals surface area contributed by atoms with Gasteiger partial charge in [0.25, 0.3) is 0 Å². The van der Waals surface area contributed by atoms with Gasteiger partial charge in [0.05, 0.1) is 0 Å². The van der Waals surface area contributed by atoms with E-state index in [9.17, 15) is 4.79 Å². The molecule has 0 saturated carbocycles. The van der Waals surface area contributed by atoms with Crippen molar-refractivity contribution in [2.75, 3.05) is 6.54 Å². The number of amides is 1. The Labute approximate surface area is 121 Å². The maximum atomic E-state index is 11.6. The van der Waals surface area contributed by atoms with E-state index in [0.29, 0.717) is 0 Å². The van der Waals surface area contributed by atoms with Crippen molar-refractivity contribution in [3.8, 4) is 0 Å². The van der Waals surface area contributed by atoms with E-state index < -0.39 is 5.60 Å². The molecule has 5 heteroatoms. The van der Waals surface area contributed by atoms with Gasteiger partial charge in [0.15, 0.2) is 0 Å². The van der Waals surface area contributed by atoms with Crippen molar-refractivity contribution in [2.45, 2.75) is 52.3 Å². The maximum Gasteiger partial charge on any atom is 0.407 e. The third-order valence-corrected chi connectivity index (χ3v) is 2.74. The molecule has 1 aromatic heterocycles. The Bertz CT molecular complexity index is 421. The van der Waals surface area contributed by atoms with Crippen molar-refractivity contribution in [1.29, 1.82) is 0 Å². The molecule has 1 unspecified atom stereocenters. The number of ether oxygens (including phenoxy) is 1. The van der Waals surface area contributed by atoms with Crippen LogP contribution in [-0.4, -0.2) is 28.8 Å². The first-order valence-electron chi connectivity index (χ1n) is 7.07. The van der Waals surface area contributed by atoms with Crippen LogP contribution >= 0.6 is 0 Å². The number of aryl methyl sites for hydroxylation is 1. The van der Waals surface area contributed by atoms with Crippen LogP contribution in [0, 0.1) is 0 Å². The zero-order chi connectivity index (χ0) is 15.2. The Morgan fingerprint density at radius 2 is 2.15 bits per heavy atom. The summed E-state index contributed by atoms with van der Waals surface area (Å²) in [5.74, 6) is 0. The first kappa shape index (κ1) is 16.6. The molecule has 0 aliphatic carbocycles. The fraction of sp³-hybridized carbons (Fsp3) is 0.667. The van der Waals surface area contributed by atoms with E-state index in [2.05, 4.69) is 22.9 Å². The lowest BCUT2D eigenvalue weighted by molar-refractivity contribution is 0.0506. The molecule has 1 amide bonds. The number of rotatable bonds is 6. The van der Waals surface area contributed by atoms with Crippen molar-refractivity contribution in [2.24, 2.45) is 7.05 Å². The molecule has 0 aromatic carbocycles. The van der Waals surface area contributed by atoms with Gasteiger partial charge in [-0.05, 0) is 52.3 Å². The molecule has 20 heavy (non-hydrogen) atoms. The van der Waals surface area contributed by atoms with E-state index in [1.165, 1.54) is 5.56 Å². The summed E-state index contributed by atoms with van der Waals surface area (Å²) >= 11 is 0. The molecule has 114 valence electrons. The molecule has 1 aromatic rings. The number of carbonyl (C=O) groups is 1. The highest BCUT2D eigenvalue weighted by Crippen LogP contribution is 2.07. The molecule has 5 nitrogen and oxygen atoms in total. The second kappa shape index (κ2) is 7.33. The highest BCUT2D eigenvalue weighted by molar-refractivity contribution is 5.67. The Kier molecular flexibility index (Phi) is 6.07. The van der Waals surface area contributed by atoms with E-state index in [0.717, 1.165) is 19.5 Å². The summed E-state index contributed by atoms with van der Waals surface area (Å²) in [7, 11) is 2.01. The lowest BCUT2D eigenvalue weighted by Gasteiger charge is -2.22. The van der Waals surface area contributed by atoms with Crippen molar-refractivity contribution in [3.63, 3.8) is 0 Å². The lowest BCUT2D eigenvalue weighted by atomic mass is 10.2. The Morgan fingerprint density at radius 1 is 1.45 bits per heavy atom. The van der Waals surface area contributed by atoms with Gasteiger partial charge in [-0.15, -0.1) is 0 Å². The number of alkyl carbamates (subject to hydrolysis) is 1. The highest BCUT2D eigenvalue weighted by atomic mass is 16.6. The number of aromatic nitrogens is 1. The molecule has 0 bridgehead atoms. The molecular formula is C15H27N3O2. The van der Waals surface area contributed by atoms with Gasteiger partial charge in [0.2, 0.25) is 0 Å². The van der Waals surface area contributed by atoms with Gasteiger partial charge in [-0.2, -0.15) is 0 Å². The molecule has 0 radical (unpaired) electrons. The summed E-state index contributed by atoms with van der Waals surface area (Å²) in [6, 6.07) is 2.18. The zero-order valence-electron chi connectivity index (χ0n) is 13.2. The number of hydrogen-bond acceptors (Lipinski definition) is 3. The van der Waals surface area contributed by atoms with Crippen LogP contribution in [0.2, 0.25) is 0 Å². The standard InChI is InChI=1S/C15H27N3O2/c1-12(17-14(19)20-15(2,3)4)6-8-16-10-13-7-9-18(5)11-13/h7,9,11-12,16H,6,8,10H2,1-5H3,(H,17,19). The van der Waals surface area contributed by atoms with Crippen LogP contribution in [-0.2, 0) is 18.3 Å². The van der Waals surface area contributed by atoms with Gasteiger partial charge in [0.1, 0.15) is 5.60 Å². The monoisotopic (exact) mass is 281 g/mol. The smallest absolute Gasteiger partial charge is 0.407 e. The summed E-state index contributed by atoms with van der Waals surface area (Å²) in [6.45, 7) is 9.26. The van der Waals surface area contributed by atoms with Crippen LogP contribution < -0.4 is 10.6 Å². The molecule has 2 N–H and O–H groups in total. The van der Waals surface area contributed by atoms with Crippen LogP contribution in [0.15, 0.2) is 18.5 Å². The fourth-order valence-corrected chi connectivity index (χ4v) is 1.80. The predicted molar refractivity (Wildman–Crippen MR) is 80.6 cm³/mol. The second-order valence-electron chi connectivity index (χ2n) is 6.20. The minimum absolute atomic E-state index is 0.0909. The summed E-state index contributed by atoms with van der Waals surface area (Å²) < 4.78 is 7.24. The Balaban J connectivity index is 2.14. The molecular weight excluding hydrogens is 254 g/mol. The molecule has 1 atom stereocenters. The fourth-order valence-electron chi connectivity index (χ4n) is 1.80. The summed E-state index contributed by atoms with van der Waals surface area (Å²) in [6.07, 6.45) is 4.64. The van der Waals surface area contributed by atoms with E-state index >= 15 is 0 Å². The van der Waals surface area contributed by atoms with Gasteiger partial charge in [-0.3, -0.25) is 0 Å². The summed E-state index contributed by atoms with van der Waals surface area (Å²) in [4.78, 5) is 11.6. The SMILES string of the molecule is CC(CCNCc1ccn(C)c1)NC(=O)OC(C)(C)C. The number of nitrogens with zero attached hydrogens (tertiary/aromatic N) is 1. The minimum Gasteiger partial charge on any atom is -0.444 e. The topological polar surface area (TPSA) is 55.3 Å². The molecule has 0 saturated heterocycles. The lowest BCUT2D eigenvalue weighted by Crippen LogP contribution is -2.38. The highest BCUT2D eigenvalue weighted by Gasteiger charge is 2.17. The average Bonchev–Trinajstić information content (AvgIpc) is 2.67. The van der Waals surface area contributed by atoms with E-state index in [4.69, 9.17) is 4.74 Å². The molecule has 0 aliphatic rings. The van der Waals surface area contributed by atoms with Crippen LogP contribution in [0.3, 0.4) is 0 Å². The quantitative estimate of drug-likeness (QED) is 0.787. The van der Waals surface area contributed by atoms with Crippen molar-refractivity contribution >= 4 is 6.09 Å². The first-order chi connectivity index (χ1) is 9.26. The van der Waals surface area contributed by atoms with E-state index in [-0.39, 0.29) is 12.1 Å². The molecule has 0 aliphatic heterocycles. The van der Waals surface area contributed by atoms with Crippen LogP contribution in [0.25, 0.3) is 0 Å². The number of hydrogen-bond donors (Lipinski definition) is 2. The second-order valence-corrected chi connectivity index (χ2v) is 6.20. The summed E-state index contributed by atoms with van der Waals surface area (Å²) in [5, 5.41) is 6.20. The molecule has 0 fully saturated rings. The van der Waals surface area contributed by atoms with E-state index in [1.54, 1.807) is 0 Å². The van der Waals surface area contributed by atoms with Gasteiger partial charge >= 0.3 is 6.09 Å². The molecule has 1 rings (SSSR count). The first-order valence-corrected chi connectivity index (χ1v) is 7.07. The van der Waals surface area contributed by atoms with Gasteiger partial charge in [-0.1, -0.05) is 0 Å². The van der Waals surface area contributed by atoms with Gasteiger partial charge in [-0.25, -0.2) is 4.79 Å². The van der Waals surface area contributed by atoms with Crippen molar-refractivity contribution in [1.82, 2.24) is 15.2 Å².